The van der Waals surface area contributed by atoms with Gasteiger partial charge in [0.1, 0.15) is 23.5 Å². The zero-order chi connectivity index (χ0) is 34.7. The maximum Gasteiger partial charge on any atom is 0.410 e. The number of carbonyl (C=O) groups is 3. The van der Waals surface area contributed by atoms with Gasteiger partial charge < -0.3 is 33.1 Å². The van der Waals surface area contributed by atoms with Gasteiger partial charge in [-0.2, -0.15) is 0 Å². The lowest BCUT2D eigenvalue weighted by atomic mass is 10.2. The molecule has 2 aliphatic rings. The Kier molecular flexibility index (Phi) is 13.4. The molecule has 10 nitrogen and oxygen atoms in total. The molecule has 258 valence electrons. The van der Waals surface area contributed by atoms with Gasteiger partial charge in [-0.15, -0.1) is 0 Å². The van der Waals surface area contributed by atoms with E-state index in [0.717, 1.165) is 12.7 Å². The molecule has 2 fully saturated rings. The molecule has 0 radical (unpaired) electrons. The predicted octanol–water partition coefficient (Wildman–Crippen LogP) is 6.96. The summed E-state index contributed by atoms with van der Waals surface area (Å²) in [4.78, 5) is 39.2. The third-order valence-corrected chi connectivity index (χ3v) is 18.0. The van der Waals surface area contributed by atoms with Crippen LogP contribution in [0.15, 0.2) is 0 Å². The van der Waals surface area contributed by atoms with E-state index < -0.39 is 40.0 Å². The fourth-order valence-corrected chi connectivity index (χ4v) is 7.20. The highest BCUT2D eigenvalue weighted by atomic mass is 28.4. The van der Waals surface area contributed by atoms with Crippen LogP contribution in [0.1, 0.15) is 95.9 Å². The molecule has 2 saturated heterocycles. The number of aliphatic hydroxyl groups excluding tert-OH is 1. The first-order chi connectivity index (χ1) is 19.6. The third kappa shape index (κ3) is 11.4. The lowest BCUT2D eigenvalue weighted by Crippen LogP contribution is -2.50. The molecule has 0 saturated carbocycles. The lowest BCUT2D eigenvalue weighted by molar-refractivity contribution is -0.113. The van der Waals surface area contributed by atoms with Crippen LogP contribution in [-0.2, 0) is 23.1 Å². The Morgan fingerprint density at radius 1 is 0.705 bits per heavy atom. The van der Waals surface area contributed by atoms with Gasteiger partial charge in [-0.3, -0.25) is 4.90 Å². The Hall–Kier alpha value is -1.48. The second-order valence-electron chi connectivity index (χ2n) is 17.1. The van der Waals surface area contributed by atoms with Gasteiger partial charge in [0.2, 0.25) is 0 Å². The molecule has 0 aliphatic carbocycles. The van der Waals surface area contributed by atoms with Crippen LogP contribution >= 0.6 is 0 Å². The molecule has 2 rings (SSSR count). The number of amides is 2. The second-order valence-corrected chi connectivity index (χ2v) is 26.6. The van der Waals surface area contributed by atoms with Crippen molar-refractivity contribution >= 4 is 35.1 Å². The zero-order valence-corrected chi connectivity index (χ0v) is 32.6. The van der Waals surface area contributed by atoms with Crippen molar-refractivity contribution in [1.29, 1.82) is 0 Å². The minimum atomic E-state index is -1.98. The molecule has 2 aliphatic heterocycles. The van der Waals surface area contributed by atoms with Crippen LogP contribution in [0.25, 0.3) is 0 Å². The highest BCUT2D eigenvalue weighted by molar-refractivity contribution is 6.74. The predicted molar refractivity (Wildman–Crippen MR) is 180 cm³/mol. The number of carbonyl (C=O) groups excluding carboxylic acids is 3. The van der Waals surface area contributed by atoms with Gasteiger partial charge in [0.15, 0.2) is 16.6 Å². The van der Waals surface area contributed by atoms with Gasteiger partial charge in [-0.05, 0) is 90.6 Å². The number of rotatable bonds is 6. The Morgan fingerprint density at radius 2 is 1.07 bits per heavy atom. The van der Waals surface area contributed by atoms with E-state index in [0.29, 0.717) is 19.5 Å². The summed E-state index contributed by atoms with van der Waals surface area (Å²) >= 11 is 0. The van der Waals surface area contributed by atoms with Crippen molar-refractivity contribution in [3.05, 3.63) is 0 Å². The standard InChI is InChI=1S/C16H33NO4Si.C16H31NO4Si/c2*1-15(2,3)20-14(19)17-10-9-13(12(17)11-18)21-22(7,8)16(4,5)6/h12-13,18H,9-11H2,1-8H3;11-13H,9-10H2,1-8H3/t2*12-,13+/m11/s1. The molecule has 0 spiro atoms. The van der Waals surface area contributed by atoms with Crippen LogP contribution in [0, 0.1) is 0 Å². The van der Waals surface area contributed by atoms with Crippen LogP contribution in [-0.4, -0.2) is 105 Å². The van der Waals surface area contributed by atoms with Crippen LogP contribution in [0.2, 0.25) is 36.3 Å². The van der Waals surface area contributed by atoms with Crippen molar-refractivity contribution in [2.24, 2.45) is 0 Å². The normalized spacial score (nSPS) is 23.7. The monoisotopic (exact) mass is 660 g/mol. The van der Waals surface area contributed by atoms with Crippen molar-refractivity contribution in [1.82, 2.24) is 9.80 Å². The molecule has 4 atom stereocenters. The quantitative estimate of drug-likeness (QED) is 0.240. The van der Waals surface area contributed by atoms with E-state index in [1.54, 1.807) is 4.90 Å². The first kappa shape index (κ1) is 40.5. The molecule has 0 aromatic rings. The van der Waals surface area contributed by atoms with Gasteiger partial charge >= 0.3 is 12.2 Å². The minimum absolute atomic E-state index is 0.0692. The van der Waals surface area contributed by atoms with Gasteiger partial charge in [-0.1, -0.05) is 41.5 Å². The minimum Gasteiger partial charge on any atom is -0.444 e. The molecular formula is C32H64N2O8Si2. The van der Waals surface area contributed by atoms with Crippen LogP contribution < -0.4 is 0 Å². The molecular weight excluding hydrogens is 597 g/mol. The molecule has 12 heteroatoms. The molecule has 44 heavy (non-hydrogen) atoms. The maximum absolute atomic E-state index is 12.3. The summed E-state index contributed by atoms with van der Waals surface area (Å²) in [6.45, 7) is 33.7. The third-order valence-electron chi connectivity index (χ3n) is 8.97. The van der Waals surface area contributed by atoms with E-state index in [1.165, 1.54) is 4.90 Å². The summed E-state index contributed by atoms with van der Waals surface area (Å²) < 4.78 is 23.6. The van der Waals surface area contributed by atoms with E-state index in [9.17, 15) is 19.5 Å². The van der Waals surface area contributed by atoms with Crippen LogP contribution in [0.5, 0.6) is 0 Å². The van der Waals surface area contributed by atoms with Crippen molar-refractivity contribution < 1.29 is 37.8 Å². The number of hydrogen-bond donors (Lipinski definition) is 1. The largest absolute Gasteiger partial charge is 0.444 e. The summed E-state index contributed by atoms with van der Waals surface area (Å²) in [5, 5.41) is 9.91. The molecule has 2 amide bonds. The van der Waals surface area contributed by atoms with Crippen molar-refractivity contribution in [2.75, 3.05) is 19.7 Å². The van der Waals surface area contributed by atoms with Gasteiger partial charge in [0.25, 0.3) is 0 Å². The number of ether oxygens (including phenoxy) is 2. The molecule has 0 bridgehead atoms. The van der Waals surface area contributed by atoms with E-state index in [1.807, 2.05) is 41.5 Å². The van der Waals surface area contributed by atoms with E-state index in [4.69, 9.17) is 18.3 Å². The Labute approximate surface area is 269 Å². The number of aliphatic hydroxyl groups is 1. The number of aldehydes is 1. The molecule has 0 aromatic heterocycles. The van der Waals surface area contributed by atoms with Gasteiger partial charge in [0.05, 0.1) is 24.9 Å². The van der Waals surface area contributed by atoms with Gasteiger partial charge in [0, 0.05) is 13.1 Å². The fraction of sp³-hybridized carbons (Fsp3) is 0.906. The Balaban J connectivity index is 0.000000440. The van der Waals surface area contributed by atoms with E-state index >= 15 is 0 Å². The maximum atomic E-state index is 12.3. The van der Waals surface area contributed by atoms with E-state index in [-0.39, 0.29) is 41.0 Å². The molecule has 0 aromatic carbocycles. The number of nitrogens with zero attached hydrogens (tertiary/aromatic N) is 2. The smallest absolute Gasteiger partial charge is 0.410 e. The topological polar surface area (TPSA) is 115 Å². The highest BCUT2D eigenvalue weighted by Crippen LogP contribution is 2.40. The molecule has 2 heterocycles. The summed E-state index contributed by atoms with van der Waals surface area (Å²) in [6.07, 6.45) is 1.09. The Bertz CT molecular complexity index is 977. The average Bonchev–Trinajstić information content (AvgIpc) is 3.38. The van der Waals surface area contributed by atoms with Gasteiger partial charge in [-0.25, -0.2) is 9.59 Å². The first-order valence-corrected chi connectivity index (χ1v) is 21.8. The van der Waals surface area contributed by atoms with Crippen molar-refractivity contribution in [2.45, 2.75) is 168 Å². The first-order valence-electron chi connectivity index (χ1n) is 16.0. The SMILES string of the molecule is CC(C)(C)OC(=O)N1CC[C@H](O[Si](C)(C)C(C)(C)C)[C@H]1C=O.CC(C)(C)OC(=O)N1CC[C@H](O[Si](C)(C)C(C)(C)C)[C@H]1CO. The number of hydrogen-bond acceptors (Lipinski definition) is 8. The zero-order valence-electron chi connectivity index (χ0n) is 30.6. The van der Waals surface area contributed by atoms with Crippen molar-refractivity contribution in [3.8, 4) is 0 Å². The van der Waals surface area contributed by atoms with Crippen LogP contribution in [0.3, 0.4) is 0 Å². The number of likely N-dealkylation sites (tertiary alicyclic amines) is 2. The summed E-state index contributed by atoms with van der Waals surface area (Å²) in [7, 11) is -3.91. The fourth-order valence-electron chi connectivity index (χ4n) is 4.45. The second kappa shape index (κ2) is 14.5. The summed E-state index contributed by atoms with van der Waals surface area (Å²) in [5.41, 5.74) is -1.10. The lowest BCUT2D eigenvalue weighted by Gasteiger charge is -2.40. The molecule has 0 unspecified atom stereocenters. The molecule has 1 N–H and O–H groups in total. The average molecular weight is 661 g/mol. The van der Waals surface area contributed by atoms with E-state index in [2.05, 4.69) is 67.7 Å². The van der Waals surface area contributed by atoms with Crippen molar-refractivity contribution in [3.63, 3.8) is 0 Å². The van der Waals surface area contributed by atoms with Crippen LogP contribution in [0.4, 0.5) is 9.59 Å². The Morgan fingerprint density at radius 3 is 1.43 bits per heavy atom. The highest BCUT2D eigenvalue weighted by Gasteiger charge is 2.47. The summed E-state index contributed by atoms with van der Waals surface area (Å²) in [5.74, 6) is 0. The summed E-state index contributed by atoms with van der Waals surface area (Å²) in [6, 6.07) is -0.868.